The third-order valence-corrected chi connectivity index (χ3v) is 2.29. The number of aliphatic imine (C=N–C) groups is 1. The molecule has 0 fully saturated rings. The Kier molecular flexibility index (Phi) is 3.48. The van der Waals surface area contributed by atoms with Gasteiger partial charge in [-0.1, -0.05) is 15.9 Å². The zero-order chi connectivity index (χ0) is 9.84. The molecule has 70 valence electrons. The highest BCUT2D eigenvalue weighted by molar-refractivity contribution is 9.10. The molecule has 0 radical (unpaired) electrons. The summed E-state index contributed by atoms with van der Waals surface area (Å²) in [6, 6.07) is 7.94. The molecule has 0 aliphatic rings. The molecule has 1 aromatic rings. The van der Waals surface area contributed by atoms with E-state index in [1.165, 1.54) is 0 Å². The Morgan fingerprint density at radius 3 is 2.23 bits per heavy atom. The highest BCUT2D eigenvalue weighted by atomic mass is 79.9. The van der Waals surface area contributed by atoms with E-state index in [1.807, 2.05) is 50.2 Å². The van der Waals surface area contributed by atoms with Gasteiger partial charge in [0.2, 0.25) is 0 Å². The molecule has 1 rings (SSSR count). The first kappa shape index (κ1) is 10.3. The Balaban J connectivity index is 2.85. The van der Waals surface area contributed by atoms with Crippen molar-refractivity contribution in [2.45, 2.75) is 6.92 Å². The molecule has 0 unspecified atom stereocenters. The Morgan fingerprint density at radius 2 is 1.77 bits per heavy atom. The molecule has 0 aliphatic carbocycles. The van der Waals surface area contributed by atoms with Crippen LogP contribution in [0.15, 0.2) is 33.7 Å². The molecule has 0 saturated heterocycles. The minimum atomic E-state index is 0.981. The molecular formula is C10H13BrN2. The second-order valence-electron chi connectivity index (χ2n) is 3.03. The Morgan fingerprint density at radius 1 is 1.23 bits per heavy atom. The van der Waals surface area contributed by atoms with Crippen LogP contribution in [0, 0.1) is 0 Å². The van der Waals surface area contributed by atoms with Gasteiger partial charge in [0.1, 0.15) is 5.84 Å². The predicted molar refractivity (Wildman–Crippen MR) is 60.6 cm³/mol. The highest BCUT2D eigenvalue weighted by Crippen LogP contribution is 2.16. The third-order valence-electron chi connectivity index (χ3n) is 1.76. The molecule has 0 bridgehead atoms. The smallest absolute Gasteiger partial charge is 0.101 e. The van der Waals surface area contributed by atoms with Crippen molar-refractivity contribution < 1.29 is 0 Å². The number of hydrogen-bond acceptors (Lipinski definition) is 1. The number of amidine groups is 1. The van der Waals surface area contributed by atoms with E-state index >= 15 is 0 Å². The fourth-order valence-electron chi connectivity index (χ4n) is 0.802. The van der Waals surface area contributed by atoms with Crippen LogP contribution in [0.3, 0.4) is 0 Å². The van der Waals surface area contributed by atoms with Crippen LogP contribution in [0.2, 0.25) is 0 Å². The lowest BCUT2D eigenvalue weighted by Crippen LogP contribution is -2.17. The van der Waals surface area contributed by atoms with Crippen LogP contribution in [-0.4, -0.2) is 24.8 Å². The number of halogens is 1. The summed E-state index contributed by atoms with van der Waals surface area (Å²) in [4.78, 5) is 6.41. The first-order valence-corrected chi connectivity index (χ1v) is 4.87. The van der Waals surface area contributed by atoms with Crippen LogP contribution in [0.4, 0.5) is 5.69 Å². The van der Waals surface area contributed by atoms with Crippen molar-refractivity contribution in [3.05, 3.63) is 28.7 Å². The van der Waals surface area contributed by atoms with Crippen molar-refractivity contribution in [2.75, 3.05) is 14.1 Å². The van der Waals surface area contributed by atoms with Gasteiger partial charge in [-0.05, 0) is 31.2 Å². The maximum Gasteiger partial charge on any atom is 0.101 e. The summed E-state index contributed by atoms with van der Waals surface area (Å²) in [6.45, 7) is 1.99. The number of rotatable bonds is 1. The summed E-state index contributed by atoms with van der Waals surface area (Å²) in [6.07, 6.45) is 0. The van der Waals surface area contributed by atoms with Crippen LogP contribution >= 0.6 is 15.9 Å². The van der Waals surface area contributed by atoms with Crippen LogP contribution in [-0.2, 0) is 0 Å². The zero-order valence-corrected chi connectivity index (χ0v) is 9.67. The van der Waals surface area contributed by atoms with Gasteiger partial charge < -0.3 is 4.90 Å². The van der Waals surface area contributed by atoms with Gasteiger partial charge in [-0.25, -0.2) is 4.99 Å². The van der Waals surface area contributed by atoms with Crippen molar-refractivity contribution in [3.8, 4) is 0 Å². The van der Waals surface area contributed by atoms with Gasteiger partial charge in [0.05, 0.1) is 5.69 Å². The van der Waals surface area contributed by atoms with Gasteiger partial charge in [-0.3, -0.25) is 0 Å². The van der Waals surface area contributed by atoms with Crippen molar-refractivity contribution in [2.24, 2.45) is 4.99 Å². The minimum Gasteiger partial charge on any atom is -0.366 e. The minimum absolute atomic E-state index is 0.981. The second kappa shape index (κ2) is 4.42. The Labute approximate surface area is 87.4 Å². The Hall–Kier alpha value is -0.830. The van der Waals surface area contributed by atoms with E-state index in [9.17, 15) is 0 Å². The molecule has 0 atom stereocenters. The first-order chi connectivity index (χ1) is 6.09. The summed E-state index contributed by atoms with van der Waals surface area (Å²) >= 11 is 3.38. The molecule has 0 amide bonds. The average Bonchev–Trinajstić information content (AvgIpc) is 2.08. The fourth-order valence-corrected chi connectivity index (χ4v) is 1.07. The number of hydrogen-bond donors (Lipinski definition) is 0. The van der Waals surface area contributed by atoms with Crippen molar-refractivity contribution >= 4 is 27.5 Å². The molecule has 0 aliphatic heterocycles. The molecule has 0 spiro atoms. The van der Waals surface area contributed by atoms with Crippen molar-refractivity contribution in [3.63, 3.8) is 0 Å². The lowest BCUT2D eigenvalue weighted by atomic mass is 10.3. The SMILES string of the molecule is CC(=Nc1ccc(Br)cc1)N(C)C. The number of nitrogens with zero attached hydrogens (tertiary/aromatic N) is 2. The van der Waals surface area contributed by atoms with E-state index in [0.29, 0.717) is 0 Å². The van der Waals surface area contributed by atoms with Gasteiger partial charge in [-0.15, -0.1) is 0 Å². The molecule has 0 N–H and O–H groups in total. The largest absolute Gasteiger partial charge is 0.366 e. The molecule has 1 aromatic carbocycles. The quantitative estimate of drug-likeness (QED) is 0.545. The molecule has 0 aromatic heterocycles. The maximum atomic E-state index is 4.42. The third kappa shape index (κ3) is 3.19. The lowest BCUT2D eigenvalue weighted by Gasteiger charge is -2.10. The summed E-state index contributed by atoms with van der Waals surface area (Å²) in [5.74, 6) is 1.00. The monoisotopic (exact) mass is 240 g/mol. The van der Waals surface area contributed by atoms with E-state index in [2.05, 4.69) is 20.9 Å². The number of benzene rings is 1. The van der Waals surface area contributed by atoms with Gasteiger partial charge >= 0.3 is 0 Å². The molecule has 0 heterocycles. The Bertz CT molecular complexity index is 301. The predicted octanol–water partition coefficient (Wildman–Crippen LogP) is 3.06. The van der Waals surface area contributed by atoms with Crippen LogP contribution in [0.5, 0.6) is 0 Å². The average molecular weight is 241 g/mol. The van der Waals surface area contributed by atoms with Crippen LogP contribution in [0.25, 0.3) is 0 Å². The fraction of sp³-hybridized carbons (Fsp3) is 0.300. The molecular weight excluding hydrogens is 228 g/mol. The van der Waals surface area contributed by atoms with E-state index in [-0.39, 0.29) is 0 Å². The van der Waals surface area contributed by atoms with E-state index in [4.69, 9.17) is 0 Å². The van der Waals surface area contributed by atoms with Crippen molar-refractivity contribution in [1.82, 2.24) is 4.90 Å². The van der Waals surface area contributed by atoms with Crippen LogP contribution in [0.1, 0.15) is 6.92 Å². The summed E-state index contributed by atoms with van der Waals surface area (Å²) in [7, 11) is 3.97. The summed E-state index contributed by atoms with van der Waals surface area (Å²) in [5, 5.41) is 0. The summed E-state index contributed by atoms with van der Waals surface area (Å²) in [5.41, 5.74) is 0.981. The standard InChI is InChI=1S/C10H13BrN2/c1-8(13(2)3)12-10-6-4-9(11)5-7-10/h4-7H,1-3H3. The van der Waals surface area contributed by atoms with Gasteiger partial charge in [0, 0.05) is 18.6 Å². The molecule has 0 saturated carbocycles. The maximum absolute atomic E-state index is 4.42. The van der Waals surface area contributed by atoms with Gasteiger partial charge in [0.25, 0.3) is 0 Å². The van der Waals surface area contributed by atoms with Gasteiger partial charge in [-0.2, -0.15) is 0 Å². The highest BCUT2D eigenvalue weighted by Gasteiger charge is 1.94. The van der Waals surface area contributed by atoms with E-state index in [0.717, 1.165) is 16.0 Å². The topological polar surface area (TPSA) is 15.6 Å². The molecule has 3 heteroatoms. The molecule has 2 nitrogen and oxygen atoms in total. The molecule has 13 heavy (non-hydrogen) atoms. The second-order valence-corrected chi connectivity index (χ2v) is 3.95. The van der Waals surface area contributed by atoms with E-state index in [1.54, 1.807) is 0 Å². The van der Waals surface area contributed by atoms with Gasteiger partial charge in [0.15, 0.2) is 0 Å². The normalized spacial score (nSPS) is 11.5. The van der Waals surface area contributed by atoms with Crippen LogP contribution < -0.4 is 0 Å². The zero-order valence-electron chi connectivity index (χ0n) is 8.08. The van der Waals surface area contributed by atoms with E-state index < -0.39 is 0 Å². The summed E-state index contributed by atoms with van der Waals surface area (Å²) < 4.78 is 1.08. The lowest BCUT2D eigenvalue weighted by molar-refractivity contribution is 0.619. The van der Waals surface area contributed by atoms with Crippen molar-refractivity contribution in [1.29, 1.82) is 0 Å². The first-order valence-electron chi connectivity index (χ1n) is 4.08.